The standard InChI is InChI=1S/C23H25N3O3/c1-14-11-18(15(2)26(14)13-17-7-6-10-28-17)21(27)24-16-8-9-20-19(12-16)25-22(29-20)23(3,4)5/h6-12H,13H2,1-5H3,(H,24,27). The zero-order valence-corrected chi connectivity index (χ0v) is 17.4. The van der Waals surface area contributed by atoms with E-state index in [9.17, 15) is 4.79 Å². The Morgan fingerprint density at radius 2 is 1.97 bits per heavy atom. The van der Waals surface area contributed by atoms with Crippen molar-refractivity contribution in [3.05, 3.63) is 71.3 Å². The fourth-order valence-electron chi connectivity index (χ4n) is 3.36. The van der Waals surface area contributed by atoms with Crippen LogP contribution in [0.4, 0.5) is 5.69 Å². The number of amides is 1. The number of aryl methyl sites for hydroxylation is 1. The summed E-state index contributed by atoms with van der Waals surface area (Å²) in [5.41, 5.74) is 4.51. The molecule has 6 nitrogen and oxygen atoms in total. The molecule has 0 bridgehead atoms. The van der Waals surface area contributed by atoms with Crippen molar-refractivity contribution < 1.29 is 13.6 Å². The SMILES string of the molecule is Cc1cc(C(=O)Nc2ccc3oc(C(C)(C)C)nc3c2)c(C)n1Cc1ccco1. The van der Waals surface area contributed by atoms with Gasteiger partial charge >= 0.3 is 0 Å². The van der Waals surface area contributed by atoms with Crippen LogP contribution >= 0.6 is 0 Å². The van der Waals surface area contributed by atoms with E-state index in [1.807, 2.05) is 50.2 Å². The Labute approximate surface area is 169 Å². The van der Waals surface area contributed by atoms with Gasteiger partial charge in [-0.25, -0.2) is 4.98 Å². The van der Waals surface area contributed by atoms with Crippen molar-refractivity contribution in [1.82, 2.24) is 9.55 Å². The molecule has 4 rings (SSSR count). The fourth-order valence-corrected chi connectivity index (χ4v) is 3.36. The lowest BCUT2D eigenvalue weighted by Crippen LogP contribution is -2.13. The van der Waals surface area contributed by atoms with Crippen molar-refractivity contribution in [2.24, 2.45) is 0 Å². The quantitative estimate of drug-likeness (QED) is 0.503. The van der Waals surface area contributed by atoms with E-state index in [1.165, 1.54) is 0 Å². The van der Waals surface area contributed by atoms with Crippen LogP contribution in [0.15, 0.2) is 51.5 Å². The van der Waals surface area contributed by atoms with Crippen LogP contribution in [0.25, 0.3) is 11.1 Å². The van der Waals surface area contributed by atoms with Crippen LogP contribution < -0.4 is 5.32 Å². The van der Waals surface area contributed by atoms with Gasteiger partial charge in [-0.2, -0.15) is 0 Å². The van der Waals surface area contributed by atoms with Gasteiger partial charge in [0.25, 0.3) is 5.91 Å². The Morgan fingerprint density at radius 1 is 1.17 bits per heavy atom. The van der Waals surface area contributed by atoms with E-state index in [1.54, 1.807) is 6.26 Å². The third kappa shape index (κ3) is 3.70. The Kier molecular flexibility index (Phi) is 4.57. The summed E-state index contributed by atoms with van der Waals surface area (Å²) in [6, 6.07) is 11.2. The largest absolute Gasteiger partial charge is 0.467 e. The summed E-state index contributed by atoms with van der Waals surface area (Å²) in [6.07, 6.45) is 1.65. The van der Waals surface area contributed by atoms with Gasteiger partial charge < -0.3 is 18.7 Å². The maximum atomic E-state index is 12.9. The third-order valence-corrected chi connectivity index (χ3v) is 5.00. The smallest absolute Gasteiger partial charge is 0.257 e. The summed E-state index contributed by atoms with van der Waals surface area (Å²) in [6.45, 7) is 10.7. The van der Waals surface area contributed by atoms with Gasteiger partial charge in [0.2, 0.25) is 5.89 Å². The van der Waals surface area contributed by atoms with Crippen molar-refractivity contribution in [1.29, 1.82) is 0 Å². The third-order valence-electron chi connectivity index (χ3n) is 5.00. The first-order chi connectivity index (χ1) is 13.7. The van der Waals surface area contributed by atoms with Crippen molar-refractivity contribution in [2.75, 3.05) is 5.32 Å². The van der Waals surface area contributed by atoms with Crippen molar-refractivity contribution in [3.63, 3.8) is 0 Å². The van der Waals surface area contributed by atoms with Crippen LogP contribution in [0.3, 0.4) is 0 Å². The van der Waals surface area contributed by atoms with Gasteiger partial charge in [-0.05, 0) is 50.2 Å². The monoisotopic (exact) mass is 391 g/mol. The van der Waals surface area contributed by atoms with Gasteiger partial charge in [0.15, 0.2) is 5.58 Å². The van der Waals surface area contributed by atoms with Crippen molar-refractivity contribution in [3.8, 4) is 0 Å². The van der Waals surface area contributed by atoms with Gasteiger partial charge in [0.05, 0.1) is 18.4 Å². The van der Waals surface area contributed by atoms with Crippen LogP contribution in [0.2, 0.25) is 0 Å². The second kappa shape index (κ2) is 6.95. The lowest BCUT2D eigenvalue weighted by molar-refractivity contribution is 0.102. The number of nitrogens with zero attached hydrogens (tertiary/aromatic N) is 2. The van der Waals surface area contributed by atoms with E-state index in [0.29, 0.717) is 29.3 Å². The number of hydrogen-bond donors (Lipinski definition) is 1. The summed E-state index contributed by atoms with van der Waals surface area (Å²) in [5.74, 6) is 1.38. The van der Waals surface area contributed by atoms with Crippen molar-refractivity contribution in [2.45, 2.75) is 46.6 Å². The first-order valence-electron chi connectivity index (χ1n) is 9.64. The van der Waals surface area contributed by atoms with Gasteiger partial charge in [0, 0.05) is 22.5 Å². The Morgan fingerprint density at radius 3 is 2.66 bits per heavy atom. The second-order valence-electron chi connectivity index (χ2n) is 8.36. The molecule has 0 aliphatic heterocycles. The van der Waals surface area contributed by atoms with Gasteiger partial charge in [-0.3, -0.25) is 4.79 Å². The maximum Gasteiger partial charge on any atom is 0.257 e. The molecule has 29 heavy (non-hydrogen) atoms. The molecule has 150 valence electrons. The zero-order chi connectivity index (χ0) is 20.8. The normalized spacial score (nSPS) is 11.9. The van der Waals surface area contributed by atoms with E-state index in [4.69, 9.17) is 8.83 Å². The predicted octanol–water partition coefficient (Wildman–Crippen LogP) is 5.44. The lowest BCUT2D eigenvalue weighted by atomic mass is 9.97. The van der Waals surface area contributed by atoms with Crippen LogP contribution in [0, 0.1) is 13.8 Å². The average molecular weight is 391 g/mol. The minimum atomic E-state index is -0.173. The first-order valence-corrected chi connectivity index (χ1v) is 9.64. The van der Waals surface area contributed by atoms with Crippen LogP contribution in [0.5, 0.6) is 0 Å². The highest BCUT2D eigenvalue weighted by atomic mass is 16.3. The van der Waals surface area contributed by atoms with Gasteiger partial charge in [0.1, 0.15) is 11.3 Å². The molecular formula is C23H25N3O3. The average Bonchev–Trinajstić information content (AvgIpc) is 3.36. The van der Waals surface area contributed by atoms with E-state index in [-0.39, 0.29) is 11.3 Å². The summed E-state index contributed by atoms with van der Waals surface area (Å²) < 4.78 is 13.3. The van der Waals surface area contributed by atoms with Gasteiger partial charge in [-0.1, -0.05) is 20.8 Å². The molecule has 0 fully saturated rings. The number of anilines is 1. The number of oxazole rings is 1. The predicted molar refractivity (Wildman–Crippen MR) is 112 cm³/mol. The minimum Gasteiger partial charge on any atom is -0.467 e. The minimum absolute atomic E-state index is 0.150. The number of furan rings is 1. The molecule has 6 heteroatoms. The number of nitrogens with one attached hydrogen (secondary N) is 1. The molecule has 4 aromatic rings. The molecule has 1 amide bonds. The molecule has 3 heterocycles. The summed E-state index contributed by atoms with van der Waals surface area (Å²) in [7, 11) is 0. The van der Waals surface area contributed by atoms with Crippen LogP contribution in [0.1, 0.15) is 54.2 Å². The number of rotatable bonds is 4. The summed E-state index contributed by atoms with van der Waals surface area (Å²) in [4.78, 5) is 17.5. The first kappa shape index (κ1) is 19.1. The maximum absolute atomic E-state index is 12.9. The molecule has 0 spiro atoms. The Bertz CT molecular complexity index is 1170. The Balaban J connectivity index is 1.58. The topological polar surface area (TPSA) is 73.2 Å². The molecular weight excluding hydrogens is 366 g/mol. The number of aromatic nitrogens is 2. The van der Waals surface area contributed by atoms with E-state index in [0.717, 1.165) is 22.7 Å². The van der Waals surface area contributed by atoms with E-state index in [2.05, 4.69) is 35.6 Å². The Hall–Kier alpha value is -3.28. The number of carbonyl (C=O) groups is 1. The zero-order valence-electron chi connectivity index (χ0n) is 17.4. The number of hydrogen-bond acceptors (Lipinski definition) is 4. The molecule has 0 aliphatic carbocycles. The molecule has 0 unspecified atom stereocenters. The molecule has 0 saturated carbocycles. The number of fused-ring (bicyclic) bond motifs is 1. The highest BCUT2D eigenvalue weighted by Gasteiger charge is 2.21. The number of carbonyl (C=O) groups excluding carboxylic acids is 1. The van der Waals surface area contributed by atoms with E-state index >= 15 is 0 Å². The molecule has 1 N–H and O–H groups in total. The van der Waals surface area contributed by atoms with E-state index < -0.39 is 0 Å². The van der Waals surface area contributed by atoms with Crippen molar-refractivity contribution >= 4 is 22.7 Å². The second-order valence-corrected chi connectivity index (χ2v) is 8.36. The van der Waals surface area contributed by atoms with Crippen LogP contribution in [-0.2, 0) is 12.0 Å². The summed E-state index contributed by atoms with van der Waals surface area (Å²) >= 11 is 0. The summed E-state index contributed by atoms with van der Waals surface area (Å²) in [5, 5.41) is 2.98. The molecule has 1 aromatic carbocycles. The lowest BCUT2D eigenvalue weighted by Gasteiger charge is -2.11. The molecule has 3 aromatic heterocycles. The fraction of sp³-hybridized carbons (Fsp3) is 0.304. The molecule has 0 saturated heterocycles. The van der Waals surface area contributed by atoms with Gasteiger partial charge in [-0.15, -0.1) is 0 Å². The van der Waals surface area contributed by atoms with Crippen LogP contribution in [-0.4, -0.2) is 15.5 Å². The number of benzene rings is 1. The molecule has 0 aliphatic rings. The highest BCUT2D eigenvalue weighted by Crippen LogP contribution is 2.28. The highest BCUT2D eigenvalue weighted by molar-refractivity contribution is 6.05. The molecule has 0 atom stereocenters. The molecule has 0 radical (unpaired) electrons.